The zero-order chi connectivity index (χ0) is 16.9. The summed E-state index contributed by atoms with van der Waals surface area (Å²) in [5.41, 5.74) is 4.73. The molecule has 2 aromatic heterocycles. The van der Waals surface area contributed by atoms with E-state index in [-0.39, 0.29) is 5.02 Å². The van der Waals surface area contributed by atoms with Crippen molar-refractivity contribution in [3.63, 3.8) is 0 Å². The molecule has 0 fully saturated rings. The summed E-state index contributed by atoms with van der Waals surface area (Å²) in [4.78, 5) is 16.6. The van der Waals surface area contributed by atoms with Crippen molar-refractivity contribution < 1.29 is 0 Å². The summed E-state index contributed by atoms with van der Waals surface area (Å²) >= 11 is 6.16. The van der Waals surface area contributed by atoms with Gasteiger partial charge in [-0.2, -0.15) is 14.9 Å². The van der Waals surface area contributed by atoms with E-state index in [1.54, 1.807) is 18.3 Å². The molecule has 0 aliphatic rings. The lowest BCUT2D eigenvalue weighted by Gasteiger charge is -2.08. The summed E-state index contributed by atoms with van der Waals surface area (Å²) in [6, 6.07) is 14.6. The number of nitrogens with zero attached hydrogens (tertiary/aromatic N) is 4. The quantitative estimate of drug-likeness (QED) is 0.585. The Morgan fingerprint density at radius 1 is 1.17 bits per heavy atom. The number of aromatic nitrogens is 3. The first-order chi connectivity index (χ1) is 11.7. The molecular weight excluding hydrogens is 326 g/mol. The molecule has 120 valence electrons. The molecule has 24 heavy (non-hydrogen) atoms. The highest BCUT2D eigenvalue weighted by molar-refractivity contribution is 6.33. The minimum absolute atomic E-state index is 0.0198. The van der Waals surface area contributed by atoms with Crippen molar-refractivity contribution in [2.45, 2.75) is 6.92 Å². The van der Waals surface area contributed by atoms with Gasteiger partial charge in [0.2, 0.25) is 0 Å². The summed E-state index contributed by atoms with van der Waals surface area (Å²) in [7, 11) is 0. The predicted molar refractivity (Wildman–Crippen MR) is 94.9 cm³/mol. The molecule has 1 aromatic carbocycles. The van der Waals surface area contributed by atoms with Crippen LogP contribution in [0.2, 0.25) is 5.02 Å². The first-order valence-electron chi connectivity index (χ1n) is 7.22. The number of hydrogen-bond acceptors (Lipinski definition) is 5. The zero-order valence-electron chi connectivity index (χ0n) is 12.8. The Bertz CT molecular complexity index is 923. The van der Waals surface area contributed by atoms with Gasteiger partial charge in [-0.1, -0.05) is 35.9 Å². The number of pyridine rings is 1. The van der Waals surface area contributed by atoms with Gasteiger partial charge < -0.3 is 0 Å². The van der Waals surface area contributed by atoms with Crippen molar-refractivity contribution in [2.75, 3.05) is 5.43 Å². The third kappa shape index (κ3) is 3.33. The Morgan fingerprint density at radius 3 is 2.62 bits per heavy atom. The lowest BCUT2D eigenvalue weighted by Crippen LogP contribution is -2.22. The third-order valence-corrected chi connectivity index (χ3v) is 3.66. The predicted octanol–water partition coefficient (Wildman–Crippen LogP) is 3.12. The number of benzene rings is 1. The molecular formula is C17H14ClN5O. The van der Waals surface area contributed by atoms with Crippen molar-refractivity contribution in [1.29, 1.82) is 0 Å². The molecule has 0 aliphatic carbocycles. The van der Waals surface area contributed by atoms with Crippen LogP contribution in [0, 0.1) is 0 Å². The maximum absolute atomic E-state index is 12.4. The molecule has 0 aliphatic heterocycles. The zero-order valence-corrected chi connectivity index (χ0v) is 13.6. The van der Waals surface area contributed by atoms with Crippen LogP contribution < -0.4 is 11.0 Å². The Labute approximate surface area is 143 Å². The largest absolute Gasteiger partial charge is 0.292 e. The number of hydrogen-bond donors (Lipinski definition) is 1. The molecule has 2 heterocycles. The topological polar surface area (TPSA) is 72.2 Å². The van der Waals surface area contributed by atoms with E-state index >= 15 is 0 Å². The van der Waals surface area contributed by atoms with E-state index in [1.165, 1.54) is 10.9 Å². The second-order valence-electron chi connectivity index (χ2n) is 4.95. The van der Waals surface area contributed by atoms with Crippen molar-refractivity contribution in [3.05, 3.63) is 82.0 Å². The monoisotopic (exact) mass is 339 g/mol. The van der Waals surface area contributed by atoms with Crippen molar-refractivity contribution in [1.82, 2.24) is 14.8 Å². The van der Waals surface area contributed by atoms with E-state index < -0.39 is 5.56 Å². The molecule has 0 saturated carbocycles. The average Bonchev–Trinajstić information content (AvgIpc) is 2.64. The summed E-state index contributed by atoms with van der Waals surface area (Å²) in [5.74, 6) is 0. The van der Waals surface area contributed by atoms with Crippen LogP contribution in [-0.2, 0) is 0 Å². The van der Waals surface area contributed by atoms with Crippen LogP contribution in [0.3, 0.4) is 0 Å². The van der Waals surface area contributed by atoms with E-state index in [0.29, 0.717) is 17.1 Å². The van der Waals surface area contributed by atoms with Crippen molar-refractivity contribution >= 4 is 23.0 Å². The van der Waals surface area contributed by atoms with Crippen LogP contribution in [0.4, 0.5) is 5.69 Å². The highest BCUT2D eigenvalue weighted by Crippen LogP contribution is 2.16. The minimum atomic E-state index is -0.418. The van der Waals surface area contributed by atoms with Gasteiger partial charge in [0, 0.05) is 6.20 Å². The number of halogens is 1. The molecule has 0 spiro atoms. The molecule has 1 N–H and O–H groups in total. The standard InChI is InChI=1S/C17H14ClN5O/c1-12(14-9-5-6-10-19-14)21-22-15-11-20-23(17(24)16(15)18)13-7-3-2-4-8-13/h2-11,22H,1H3. The fourth-order valence-corrected chi connectivity index (χ4v) is 2.21. The fourth-order valence-electron chi connectivity index (χ4n) is 2.04. The highest BCUT2D eigenvalue weighted by atomic mass is 35.5. The van der Waals surface area contributed by atoms with E-state index in [0.717, 1.165) is 5.69 Å². The van der Waals surface area contributed by atoms with Crippen LogP contribution in [-0.4, -0.2) is 20.5 Å². The van der Waals surface area contributed by atoms with Crippen LogP contribution in [0.5, 0.6) is 0 Å². The molecule has 3 aromatic rings. The van der Waals surface area contributed by atoms with Gasteiger partial charge >= 0.3 is 0 Å². The normalized spacial score (nSPS) is 11.3. The van der Waals surface area contributed by atoms with Crippen molar-refractivity contribution in [2.24, 2.45) is 5.10 Å². The van der Waals surface area contributed by atoms with Gasteiger partial charge in [0.1, 0.15) is 10.7 Å². The second-order valence-corrected chi connectivity index (χ2v) is 5.33. The minimum Gasteiger partial charge on any atom is -0.275 e. The molecule has 3 rings (SSSR count). The molecule has 6 nitrogen and oxygen atoms in total. The number of anilines is 1. The molecule has 0 saturated heterocycles. The maximum atomic E-state index is 12.4. The van der Waals surface area contributed by atoms with Gasteiger partial charge in [-0.15, -0.1) is 0 Å². The molecule has 0 amide bonds. The molecule has 0 atom stereocenters. The molecule has 0 unspecified atom stereocenters. The van der Waals surface area contributed by atoms with Crippen LogP contribution in [0.1, 0.15) is 12.6 Å². The summed E-state index contributed by atoms with van der Waals surface area (Å²) < 4.78 is 1.24. The van der Waals surface area contributed by atoms with Gasteiger partial charge in [-0.25, -0.2) is 0 Å². The van der Waals surface area contributed by atoms with Gasteiger partial charge in [0.25, 0.3) is 5.56 Å². The Kier molecular flexibility index (Phi) is 4.67. The first-order valence-corrected chi connectivity index (χ1v) is 7.59. The van der Waals surface area contributed by atoms with Crippen LogP contribution in [0.25, 0.3) is 5.69 Å². The Morgan fingerprint density at radius 2 is 1.92 bits per heavy atom. The van der Waals surface area contributed by atoms with E-state index in [4.69, 9.17) is 11.6 Å². The van der Waals surface area contributed by atoms with Crippen LogP contribution >= 0.6 is 11.6 Å². The van der Waals surface area contributed by atoms with E-state index in [9.17, 15) is 4.79 Å². The number of hydrazone groups is 1. The number of para-hydroxylation sites is 1. The molecule has 0 bridgehead atoms. The Balaban J connectivity index is 1.88. The summed E-state index contributed by atoms with van der Waals surface area (Å²) in [6.07, 6.45) is 3.15. The van der Waals surface area contributed by atoms with Gasteiger partial charge in [0.05, 0.1) is 23.3 Å². The summed E-state index contributed by atoms with van der Waals surface area (Å²) in [5, 5.41) is 8.35. The first kappa shape index (κ1) is 15.9. The second kappa shape index (κ2) is 7.06. The lowest BCUT2D eigenvalue weighted by molar-refractivity contribution is 0.808. The van der Waals surface area contributed by atoms with E-state index in [1.807, 2.05) is 43.3 Å². The number of rotatable bonds is 4. The lowest BCUT2D eigenvalue weighted by atomic mass is 10.3. The smallest absolute Gasteiger partial charge is 0.275 e. The Hall–Kier alpha value is -2.99. The average molecular weight is 340 g/mol. The molecule has 7 heteroatoms. The molecule has 0 radical (unpaired) electrons. The maximum Gasteiger partial charge on any atom is 0.292 e. The third-order valence-electron chi connectivity index (χ3n) is 3.30. The van der Waals surface area contributed by atoms with Gasteiger partial charge in [0.15, 0.2) is 0 Å². The van der Waals surface area contributed by atoms with Gasteiger partial charge in [-0.05, 0) is 31.2 Å². The van der Waals surface area contributed by atoms with E-state index in [2.05, 4.69) is 20.6 Å². The SMILES string of the molecule is CC(=NNc1cnn(-c2ccccc2)c(=O)c1Cl)c1ccccn1. The summed E-state index contributed by atoms with van der Waals surface area (Å²) in [6.45, 7) is 1.81. The van der Waals surface area contributed by atoms with Crippen LogP contribution in [0.15, 0.2) is 70.8 Å². The number of nitrogens with one attached hydrogen (secondary N) is 1. The highest BCUT2D eigenvalue weighted by Gasteiger charge is 2.10. The van der Waals surface area contributed by atoms with Crippen molar-refractivity contribution in [3.8, 4) is 5.69 Å². The fraction of sp³-hybridized carbons (Fsp3) is 0.0588. The van der Waals surface area contributed by atoms with Gasteiger partial charge in [-0.3, -0.25) is 15.2 Å².